The van der Waals surface area contributed by atoms with Crippen LogP contribution in [0.2, 0.25) is 0 Å². The third kappa shape index (κ3) is 5.77. The van der Waals surface area contributed by atoms with Crippen molar-refractivity contribution >= 4 is 23.4 Å². The van der Waals surface area contributed by atoms with Crippen LogP contribution in [0.3, 0.4) is 0 Å². The molecule has 1 aliphatic heterocycles. The highest BCUT2D eigenvalue weighted by molar-refractivity contribution is 7.07. The van der Waals surface area contributed by atoms with E-state index in [0.717, 1.165) is 5.56 Å². The van der Waals surface area contributed by atoms with Gasteiger partial charge in [-0.25, -0.2) is 9.79 Å². The van der Waals surface area contributed by atoms with Gasteiger partial charge in [0.1, 0.15) is 0 Å². The maximum Gasteiger partial charge on any atom is 0.338 e. The van der Waals surface area contributed by atoms with Crippen LogP contribution < -0.4 is 33.8 Å². The van der Waals surface area contributed by atoms with Crippen LogP contribution in [0.25, 0.3) is 6.08 Å². The van der Waals surface area contributed by atoms with Crippen LogP contribution in [-0.2, 0) is 9.53 Å². The molecule has 3 aromatic rings. The Kier molecular flexibility index (Phi) is 9.31. The molecule has 2 aromatic carbocycles. The number of aromatic nitrogens is 1. The third-order valence-electron chi connectivity index (χ3n) is 6.19. The number of carbonyl (C=O) groups is 1. The molecule has 2 heterocycles. The van der Waals surface area contributed by atoms with E-state index in [1.54, 1.807) is 37.7 Å². The van der Waals surface area contributed by atoms with Crippen molar-refractivity contribution in [1.82, 2.24) is 4.57 Å². The van der Waals surface area contributed by atoms with Gasteiger partial charge in [-0.15, -0.1) is 0 Å². The molecule has 212 valence electrons. The van der Waals surface area contributed by atoms with Crippen LogP contribution in [0.5, 0.6) is 23.0 Å². The minimum Gasteiger partial charge on any atom is -0.493 e. The molecule has 0 unspecified atom stereocenters. The number of allylic oxidation sites excluding steroid dienone is 1. The average molecular weight is 567 g/mol. The molecule has 0 saturated heterocycles. The molecule has 1 aliphatic rings. The van der Waals surface area contributed by atoms with E-state index in [4.69, 9.17) is 23.7 Å². The summed E-state index contributed by atoms with van der Waals surface area (Å²) in [6.07, 6.45) is 1.78. The van der Waals surface area contributed by atoms with E-state index < -0.39 is 12.0 Å². The van der Waals surface area contributed by atoms with Gasteiger partial charge in [0.05, 0.1) is 55.4 Å². The Hall–Kier alpha value is -4.05. The lowest BCUT2D eigenvalue weighted by atomic mass is 9.95. The van der Waals surface area contributed by atoms with E-state index >= 15 is 0 Å². The number of rotatable bonds is 11. The molecule has 9 nitrogen and oxygen atoms in total. The van der Waals surface area contributed by atoms with Crippen LogP contribution in [0.4, 0.5) is 0 Å². The van der Waals surface area contributed by atoms with Crippen LogP contribution >= 0.6 is 11.3 Å². The van der Waals surface area contributed by atoms with Gasteiger partial charge in [0, 0.05) is 0 Å². The van der Waals surface area contributed by atoms with Crippen molar-refractivity contribution in [2.75, 3.05) is 33.5 Å². The maximum absolute atomic E-state index is 13.9. The Morgan fingerprint density at radius 1 is 0.925 bits per heavy atom. The number of nitrogens with zero attached hydrogens (tertiary/aromatic N) is 2. The molecule has 0 fully saturated rings. The second kappa shape index (κ2) is 12.9. The summed E-state index contributed by atoms with van der Waals surface area (Å²) >= 11 is 1.25. The molecule has 4 rings (SSSR count). The van der Waals surface area contributed by atoms with Crippen LogP contribution in [0.15, 0.2) is 57.5 Å². The molecule has 0 N–H and O–H groups in total. The number of ether oxygens (including phenoxy) is 5. The Morgan fingerprint density at radius 2 is 1.57 bits per heavy atom. The smallest absolute Gasteiger partial charge is 0.338 e. The summed E-state index contributed by atoms with van der Waals surface area (Å²) in [7, 11) is 1.57. The minimum absolute atomic E-state index is 0.194. The molecule has 0 bridgehead atoms. The van der Waals surface area contributed by atoms with Gasteiger partial charge >= 0.3 is 5.97 Å². The van der Waals surface area contributed by atoms with Gasteiger partial charge in [-0.1, -0.05) is 23.5 Å². The Balaban J connectivity index is 1.92. The molecule has 1 atom stereocenters. The molecule has 0 aliphatic carbocycles. The third-order valence-corrected chi connectivity index (χ3v) is 7.17. The van der Waals surface area contributed by atoms with E-state index in [1.165, 1.54) is 11.3 Å². The van der Waals surface area contributed by atoms with Crippen molar-refractivity contribution in [1.29, 1.82) is 0 Å². The lowest BCUT2D eigenvalue weighted by molar-refractivity contribution is -0.139. The van der Waals surface area contributed by atoms with Gasteiger partial charge in [0.25, 0.3) is 5.56 Å². The van der Waals surface area contributed by atoms with Crippen molar-refractivity contribution < 1.29 is 28.5 Å². The standard InChI is InChI=1S/C30H34N2O7S/c1-7-36-21-13-11-19(15-23(21)35-6)16-25-28(33)32-27(20-12-14-22(37-8-2)24(17-20)38-9-3)26(29(34)39-10-4)18(5)31-30(32)40-25/h11-17,27H,7-10H2,1-6H3/b25-16-/t27-/m1/s1. The van der Waals surface area contributed by atoms with Gasteiger partial charge < -0.3 is 23.7 Å². The molecule has 0 saturated carbocycles. The van der Waals surface area contributed by atoms with Gasteiger partial charge in [-0.05, 0) is 76.1 Å². The second-order valence-corrected chi connectivity index (χ2v) is 9.73. The van der Waals surface area contributed by atoms with Gasteiger partial charge in [-0.2, -0.15) is 0 Å². The molecular weight excluding hydrogens is 532 g/mol. The maximum atomic E-state index is 13.9. The first-order valence-corrected chi connectivity index (χ1v) is 14.1. The van der Waals surface area contributed by atoms with Crippen molar-refractivity contribution in [3.8, 4) is 23.0 Å². The van der Waals surface area contributed by atoms with E-state index in [-0.39, 0.29) is 12.2 Å². The summed E-state index contributed by atoms with van der Waals surface area (Å²) in [6.45, 7) is 10.8. The van der Waals surface area contributed by atoms with Gasteiger partial charge in [0.15, 0.2) is 27.8 Å². The number of esters is 1. The number of fused-ring (bicyclic) bond motifs is 1. The first-order chi connectivity index (χ1) is 19.4. The molecular formula is C30H34N2O7S. The zero-order valence-corrected chi connectivity index (χ0v) is 24.4. The normalized spacial score (nSPS) is 14.8. The number of carbonyl (C=O) groups excluding carboxylic acids is 1. The molecule has 10 heteroatoms. The number of thiazole rings is 1. The lowest BCUT2D eigenvalue weighted by Crippen LogP contribution is -2.40. The SMILES string of the molecule is CCOC(=O)C1=C(C)N=c2s/c(=C\c3ccc(OCC)c(OC)c3)c(=O)n2[C@@H]1c1ccc(OCC)c(OCC)c1. The first kappa shape index (κ1) is 28.9. The molecule has 0 radical (unpaired) electrons. The summed E-state index contributed by atoms with van der Waals surface area (Å²) in [6, 6.07) is 10.2. The van der Waals surface area contributed by atoms with Crippen molar-refractivity contribution in [3.05, 3.63) is 78.5 Å². The Labute approximate surface area is 236 Å². The largest absolute Gasteiger partial charge is 0.493 e. The fourth-order valence-electron chi connectivity index (χ4n) is 4.54. The summed E-state index contributed by atoms with van der Waals surface area (Å²) < 4.78 is 30.1. The zero-order chi connectivity index (χ0) is 28.8. The van der Waals surface area contributed by atoms with Crippen LogP contribution in [-0.4, -0.2) is 44.1 Å². The average Bonchev–Trinajstić information content (AvgIpc) is 3.24. The lowest BCUT2D eigenvalue weighted by Gasteiger charge is -2.25. The van der Waals surface area contributed by atoms with E-state index in [0.29, 0.717) is 69.0 Å². The number of benzene rings is 2. The Bertz CT molecular complexity index is 1600. The number of hydrogen-bond donors (Lipinski definition) is 0. The van der Waals surface area contributed by atoms with Crippen LogP contribution in [0, 0.1) is 0 Å². The van der Waals surface area contributed by atoms with Crippen molar-refractivity contribution in [2.24, 2.45) is 4.99 Å². The Morgan fingerprint density at radius 3 is 2.23 bits per heavy atom. The summed E-state index contributed by atoms with van der Waals surface area (Å²) in [5, 5.41) is 0. The monoisotopic (exact) mass is 566 g/mol. The highest BCUT2D eigenvalue weighted by Crippen LogP contribution is 2.36. The molecule has 40 heavy (non-hydrogen) atoms. The number of methoxy groups -OCH3 is 1. The van der Waals surface area contributed by atoms with Gasteiger partial charge in [-0.3, -0.25) is 9.36 Å². The molecule has 1 aromatic heterocycles. The summed E-state index contributed by atoms with van der Waals surface area (Å²) in [5.41, 5.74) is 1.96. The fraction of sp³-hybridized carbons (Fsp3) is 0.367. The highest BCUT2D eigenvalue weighted by Gasteiger charge is 2.34. The van der Waals surface area contributed by atoms with Crippen molar-refractivity contribution in [2.45, 2.75) is 40.7 Å². The predicted molar refractivity (Wildman–Crippen MR) is 153 cm³/mol. The number of hydrogen-bond acceptors (Lipinski definition) is 9. The van der Waals surface area contributed by atoms with Crippen LogP contribution in [0.1, 0.15) is 51.8 Å². The summed E-state index contributed by atoms with van der Waals surface area (Å²) in [5.74, 6) is 1.79. The minimum atomic E-state index is -0.762. The van der Waals surface area contributed by atoms with Crippen molar-refractivity contribution in [3.63, 3.8) is 0 Å². The summed E-state index contributed by atoms with van der Waals surface area (Å²) in [4.78, 5) is 32.3. The topological polar surface area (TPSA) is 97.6 Å². The molecule has 0 amide bonds. The first-order valence-electron chi connectivity index (χ1n) is 13.3. The predicted octanol–water partition coefficient (Wildman–Crippen LogP) is 4.00. The molecule has 0 spiro atoms. The van der Waals surface area contributed by atoms with Gasteiger partial charge in [0.2, 0.25) is 0 Å². The zero-order valence-electron chi connectivity index (χ0n) is 23.6. The van der Waals surface area contributed by atoms with E-state index in [9.17, 15) is 9.59 Å². The quantitative estimate of drug-likeness (QED) is 0.324. The second-order valence-electron chi connectivity index (χ2n) is 8.72. The fourth-order valence-corrected chi connectivity index (χ4v) is 5.59. The van der Waals surface area contributed by atoms with E-state index in [2.05, 4.69) is 4.99 Å². The van der Waals surface area contributed by atoms with E-state index in [1.807, 2.05) is 51.1 Å². The highest BCUT2D eigenvalue weighted by atomic mass is 32.1.